The molecule has 0 spiro atoms. The molecule has 0 aliphatic heterocycles. The minimum atomic E-state index is -5.12. The third-order valence-electron chi connectivity index (χ3n) is 12.5. The minimum Gasteiger partial charge on any atom is -0.410 e. The standard InChI is InChI=1S/C60H26F6N8O2/c1-71-41-26-39(27-42(28-41)72-2)45(31-69)51-50(36-13-9-6-10-14-36)58(74-4)56-49(38-17-21-44(22-18-38)76-60(64,65)66)54-52(48(53(51)56)37-15-19-43(20-16-37)75-59(61,62)63)46(32-70)47(35-11-7-5-8-12-35)55(54)57(73-3)40-24-33(29-67)23-34(25-40)30-68/h5-17,19-21,23-28H,18,22H2/b51-45+,57-55-. The lowest BCUT2D eigenvalue weighted by atomic mass is 9.76. The number of hydrogen-bond donors (Lipinski definition) is 0. The van der Waals surface area contributed by atoms with Crippen LogP contribution in [0.4, 0.5) is 37.7 Å². The number of benzene rings is 6. The summed E-state index contributed by atoms with van der Waals surface area (Å²) in [6, 6.07) is 38.0. The minimum absolute atomic E-state index is 0.0127. The number of hydrogen-bond acceptors (Lipinski definition) is 6. The van der Waals surface area contributed by atoms with Crippen LogP contribution in [0, 0.1) is 71.6 Å². The summed E-state index contributed by atoms with van der Waals surface area (Å²) >= 11 is 0. The smallest absolute Gasteiger partial charge is 0.410 e. The van der Waals surface area contributed by atoms with Gasteiger partial charge < -0.3 is 9.47 Å². The molecule has 0 amide bonds. The maximum Gasteiger partial charge on any atom is 0.573 e. The van der Waals surface area contributed by atoms with Crippen LogP contribution in [0.25, 0.3) is 80.9 Å². The SMILES string of the molecule is [C-]#[N+]C1=C(c2ccccc2)/C(=C(/C#N)c2cc([N+]#[C-])cc([N+]#[C-])c2)c2c1c(C1=CC=C(OC(F)(F)F)CC1)c1c(c2-c2ccc(OC(F)(F)F)cc2)C(C#N)=C(c2ccccc2)/C1=C(/[N+]#[C-])c1cc(C#N)cc(C#N)c1. The third kappa shape index (κ3) is 9.07. The highest BCUT2D eigenvalue weighted by Crippen LogP contribution is 2.63. The van der Waals surface area contributed by atoms with Crippen LogP contribution in [-0.2, 0) is 4.74 Å². The number of nitriles is 4. The summed E-state index contributed by atoms with van der Waals surface area (Å²) in [6.45, 7) is 33.8. The van der Waals surface area contributed by atoms with Crippen molar-refractivity contribution in [2.45, 2.75) is 25.6 Å². The Labute approximate surface area is 430 Å². The lowest BCUT2D eigenvalue weighted by molar-refractivity contribution is -0.306. The first-order valence-corrected chi connectivity index (χ1v) is 22.4. The molecule has 3 aliphatic carbocycles. The van der Waals surface area contributed by atoms with E-state index < -0.39 is 24.2 Å². The number of ether oxygens (including phenoxy) is 2. The summed E-state index contributed by atoms with van der Waals surface area (Å²) in [5, 5.41) is 43.7. The third-order valence-corrected chi connectivity index (χ3v) is 12.5. The van der Waals surface area contributed by atoms with Gasteiger partial charge in [-0.15, -0.1) is 26.3 Å². The summed E-state index contributed by atoms with van der Waals surface area (Å²) in [7, 11) is 0. The molecule has 6 aromatic rings. The Hall–Kier alpha value is -11.1. The molecule has 0 atom stereocenters. The van der Waals surface area contributed by atoms with E-state index in [4.69, 9.17) is 26.3 Å². The van der Waals surface area contributed by atoms with Gasteiger partial charge in [-0.3, -0.25) is 0 Å². The number of nitrogens with zero attached hydrogens (tertiary/aromatic N) is 8. The summed E-state index contributed by atoms with van der Waals surface area (Å²) < 4.78 is 91.3. The Morgan fingerprint density at radius 3 is 1.58 bits per heavy atom. The Balaban J connectivity index is 1.62. The highest BCUT2D eigenvalue weighted by Gasteiger charge is 2.45. The quantitative estimate of drug-likeness (QED) is 0.0848. The van der Waals surface area contributed by atoms with Gasteiger partial charge in [0.15, 0.2) is 11.4 Å². The molecule has 360 valence electrons. The van der Waals surface area contributed by atoms with Crippen LogP contribution < -0.4 is 4.74 Å². The van der Waals surface area contributed by atoms with E-state index in [1.165, 1.54) is 54.6 Å². The van der Waals surface area contributed by atoms with E-state index in [1.54, 1.807) is 60.7 Å². The molecule has 0 saturated heterocycles. The summed E-state index contributed by atoms with van der Waals surface area (Å²) in [4.78, 5) is 15.3. The van der Waals surface area contributed by atoms with Gasteiger partial charge in [0, 0.05) is 12.0 Å². The molecule has 0 N–H and O–H groups in total. The van der Waals surface area contributed by atoms with Gasteiger partial charge in [-0.05, 0) is 126 Å². The number of halogens is 6. The number of rotatable bonds is 8. The Bertz CT molecular complexity index is 4020. The van der Waals surface area contributed by atoms with Crippen LogP contribution >= 0.6 is 0 Å². The van der Waals surface area contributed by atoms with Gasteiger partial charge in [0.1, 0.15) is 23.6 Å². The van der Waals surface area contributed by atoms with Gasteiger partial charge in [-0.25, -0.2) is 19.4 Å². The Morgan fingerprint density at radius 1 is 0.513 bits per heavy atom. The summed E-state index contributed by atoms with van der Waals surface area (Å²) in [6.07, 6.45) is -8.31. The highest BCUT2D eigenvalue weighted by molar-refractivity contribution is 6.37. The molecule has 0 saturated carbocycles. The van der Waals surface area contributed by atoms with Crippen LogP contribution in [-0.4, -0.2) is 12.7 Å². The molecule has 0 unspecified atom stereocenters. The van der Waals surface area contributed by atoms with Gasteiger partial charge in [-0.2, -0.15) is 21.0 Å². The van der Waals surface area contributed by atoms with Crippen LogP contribution in [0.3, 0.4) is 0 Å². The van der Waals surface area contributed by atoms with Crippen molar-refractivity contribution in [1.82, 2.24) is 0 Å². The van der Waals surface area contributed by atoms with E-state index in [2.05, 4.69) is 41.0 Å². The number of fused-ring (bicyclic) bond motifs is 2. The zero-order valence-corrected chi connectivity index (χ0v) is 38.8. The van der Waals surface area contributed by atoms with Crippen LogP contribution in [0.15, 0.2) is 139 Å². The van der Waals surface area contributed by atoms with Gasteiger partial charge in [0.2, 0.25) is 11.4 Å². The molecule has 16 heteroatoms. The van der Waals surface area contributed by atoms with E-state index in [-0.39, 0.29) is 136 Å². The van der Waals surface area contributed by atoms with Crippen molar-refractivity contribution in [2.75, 3.05) is 0 Å². The van der Waals surface area contributed by atoms with E-state index in [9.17, 15) is 47.4 Å². The topological polar surface area (TPSA) is 131 Å². The normalized spacial score (nSPS) is 14.9. The van der Waals surface area contributed by atoms with E-state index in [0.29, 0.717) is 11.1 Å². The molecule has 3 aliphatic rings. The molecule has 9 rings (SSSR count). The summed E-state index contributed by atoms with van der Waals surface area (Å²) in [5.41, 5.74) is 1.11. The predicted octanol–water partition coefficient (Wildman–Crippen LogP) is 16.2. The fraction of sp³-hybridized carbons (Fsp3) is 0.0667. The molecule has 0 radical (unpaired) electrons. The molecular formula is C60H26F6N8O2. The predicted molar refractivity (Wildman–Crippen MR) is 270 cm³/mol. The van der Waals surface area contributed by atoms with Gasteiger partial charge in [0.05, 0.1) is 60.7 Å². The largest absolute Gasteiger partial charge is 0.573 e. The van der Waals surface area contributed by atoms with E-state index >= 15 is 0 Å². The molecule has 6 aromatic carbocycles. The maximum atomic E-state index is 13.8. The second-order valence-electron chi connectivity index (χ2n) is 16.8. The molecule has 0 aromatic heterocycles. The van der Waals surface area contributed by atoms with Crippen molar-refractivity contribution >= 4 is 61.8 Å². The molecule has 76 heavy (non-hydrogen) atoms. The average Bonchev–Trinajstić information content (AvgIpc) is 4.12. The van der Waals surface area contributed by atoms with Crippen molar-refractivity contribution in [1.29, 1.82) is 21.0 Å². The van der Waals surface area contributed by atoms with E-state index in [1.807, 2.05) is 12.1 Å². The Kier molecular flexibility index (Phi) is 13.0. The summed E-state index contributed by atoms with van der Waals surface area (Å²) in [5.74, 6) is -1.10. The molecular weight excluding hydrogens is 979 g/mol. The highest BCUT2D eigenvalue weighted by atomic mass is 19.4. The van der Waals surface area contributed by atoms with Crippen molar-refractivity contribution in [2.24, 2.45) is 0 Å². The van der Waals surface area contributed by atoms with Gasteiger partial charge in [-0.1, -0.05) is 97.1 Å². The van der Waals surface area contributed by atoms with Crippen LogP contribution in [0.2, 0.25) is 0 Å². The van der Waals surface area contributed by atoms with Crippen molar-refractivity contribution in [3.63, 3.8) is 0 Å². The molecule has 0 fully saturated rings. The van der Waals surface area contributed by atoms with Crippen molar-refractivity contribution < 1.29 is 35.8 Å². The first kappa shape index (κ1) is 49.8. The molecule has 10 nitrogen and oxygen atoms in total. The van der Waals surface area contributed by atoms with Crippen molar-refractivity contribution in [3.8, 4) is 41.2 Å². The first-order valence-electron chi connectivity index (χ1n) is 22.4. The zero-order chi connectivity index (χ0) is 54.1. The Morgan fingerprint density at radius 2 is 1.09 bits per heavy atom. The van der Waals surface area contributed by atoms with Crippen LogP contribution in [0.1, 0.15) is 74.0 Å². The van der Waals surface area contributed by atoms with Gasteiger partial charge >= 0.3 is 12.7 Å². The number of allylic oxidation sites excluding steroid dienone is 10. The zero-order valence-electron chi connectivity index (χ0n) is 38.8. The average molecular weight is 1000 g/mol. The maximum absolute atomic E-state index is 13.8. The van der Waals surface area contributed by atoms with E-state index in [0.717, 1.165) is 18.2 Å². The first-order chi connectivity index (χ1) is 36.6. The lowest BCUT2D eigenvalue weighted by Crippen LogP contribution is -2.17. The molecule has 0 bridgehead atoms. The molecule has 0 heterocycles. The van der Waals surface area contributed by atoms with Gasteiger partial charge in [0.25, 0.3) is 0 Å². The fourth-order valence-electron chi connectivity index (χ4n) is 9.75. The number of alkyl halides is 6. The second-order valence-corrected chi connectivity index (χ2v) is 16.8. The van der Waals surface area contributed by atoms with Crippen LogP contribution in [0.5, 0.6) is 5.75 Å². The fourth-order valence-corrected chi connectivity index (χ4v) is 9.75. The second kappa shape index (κ2) is 19.8. The monoisotopic (exact) mass is 1000 g/mol. The van der Waals surface area contributed by atoms with Crippen molar-refractivity contribution in [3.05, 3.63) is 246 Å². The lowest BCUT2D eigenvalue weighted by Gasteiger charge is -2.27.